The van der Waals surface area contributed by atoms with Crippen LogP contribution >= 0.6 is 15.9 Å². The Morgan fingerprint density at radius 2 is 1.83 bits per heavy atom. The first kappa shape index (κ1) is 14.8. The molecule has 0 fully saturated rings. The molecule has 5 nitrogen and oxygen atoms in total. The lowest BCUT2D eigenvalue weighted by Crippen LogP contribution is -1.92. The molecule has 4 rings (SSSR count). The molecule has 6 heteroatoms. The number of halogens is 1. The number of aliphatic imine (C=N–C) groups is 1. The van der Waals surface area contributed by atoms with Crippen LogP contribution in [-0.2, 0) is 0 Å². The molecular weight excluding hydrogens is 374 g/mol. The minimum Gasteiger partial charge on any atom is -0.504 e. The van der Waals surface area contributed by atoms with Gasteiger partial charge in [0.2, 0.25) is 6.79 Å². The molecule has 24 heavy (non-hydrogen) atoms. The zero-order chi connectivity index (χ0) is 16.7. The van der Waals surface area contributed by atoms with Gasteiger partial charge in [0.1, 0.15) is 0 Å². The molecule has 2 N–H and O–H groups in total. The van der Waals surface area contributed by atoms with Crippen molar-refractivity contribution in [2.45, 2.75) is 0 Å². The Kier molecular flexibility index (Phi) is 3.54. The Labute approximate surface area is 145 Å². The van der Waals surface area contributed by atoms with Crippen molar-refractivity contribution in [2.24, 2.45) is 4.99 Å². The van der Waals surface area contributed by atoms with Gasteiger partial charge in [-0.3, -0.25) is 4.99 Å². The summed E-state index contributed by atoms with van der Waals surface area (Å²) in [5, 5.41) is 21.5. The van der Waals surface area contributed by atoms with Crippen molar-refractivity contribution in [2.75, 3.05) is 6.79 Å². The van der Waals surface area contributed by atoms with Crippen LogP contribution in [0, 0.1) is 0 Å². The molecule has 1 aliphatic rings. The van der Waals surface area contributed by atoms with Crippen LogP contribution < -0.4 is 9.47 Å². The van der Waals surface area contributed by atoms with Gasteiger partial charge in [-0.2, -0.15) is 0 Å². The van der Waals surface area contributed by atoms with Crippen LogP contribution in [0.2, 0.25) is 0 Å². The average molecular weight is 386 g/mol. The first-order valence-corrected chi connectivity index (χ1v) is 7.99. The molecule has 0 aromatic heterocycles. The van der Waals surface area contributed by atoms with Crippen molar-refractivity contribution in [3.05, 3.63) is 52.5 Å². The second-order valence-electron chi connectivity index (χ2n) is 5.29. The number of phenols is 2. The van der Waals surface area contributed by atoms with E-state index in [0.29, 0.717) is 15.8 Å². The van der Waals surface area contributed by atoms with Crippen molar-refractivity contribution in [1.82, 2.24) is 0 Å². The van der Waals surface area contributed by atoms with E-state index in [4.69, 9.17) is 9.47 Å². The quantitative estimate of drug-likeness (QED) is 0.503. The number of hydrogen-bond acceptors (Lipinski definition) is 5. The van der Waals surface area contributed by atoms with Crippen LogP contribution in [-0.4, -0.2) is 23.2 Å². The minimum atomic E-state index is -0.217. The van der Waals surface area contributed by atoms with Crippen molar-refractivity contribution in [3.63, 3.8) is 0 Å². The lowest BCUT2D eigenvalue weighted by Gasteiger charge is -2.06. The highest BCUT2D eigenvalue weighted by Gasteiger charge is 2.15. The summed E-state index contributed by atoms with van der Waals surface area (Å²) in [6, 6.07) is 12.6. The minimum absolute atomic E-state index is 0.194. The maximum atomic E-state index is 9.99. The van der Waals surface area contributed by atoms with E-state index in [-0.39, 0.29) is 18.3 Å². The largest absolute Gasteiger partial charge is 0.504 e. The second-order valence-corrected chi connectivity index (χ2v) is 6.15. The van der Waals surface area contributed by atoms with E-state index in [1.807, 2.05) is 30.3 Å². The van der Waals surface area contributed by atoms with Gasteiger partial charge >= 0.3 is 0 Å². The lowest BCUT2D eigenvalue weighted by molar-refractivity contribution is 0.174. The summed E-state index contributed by atoms with van der Waals surface area (Å²) in [6.07, 6.45) is 1.51. The SMILES string of the molecule is Oc1ccc(Br)c(C=Nc2cccc3cc4c(cc23)OCO4)c1O. The first-order valence-electron chi connectivity index (χ1n) is 7.20. The lowest BCUT2D eigenvalue weighted by atomic mass is 10.1. The molecule has 120 valence electrons. The third-order valence-corrected chi connectivity index (χ3v) is 4.52. The monoisotopic (exact) mass is 385 g/mol. The third kappa shape index (κ3) is 2.45. The standard InChI is InChI=1S/C18H12BrNO4/c19-13-4-5-15(21)18(22)12(13)8-20-14-3-1-2-10-6-16-17(7-11(10)14)24-9-23-16/h1-8,21-22H,9H2. The van der Waals surface area contributed by atoms with Gasteiger partial charge in [0.25, 0.3) is 0 Å². The summed E-state index contributed by atoms with van der Waals surface area (Å²) < 4.78 is 11.5. The second kappa shape index (κ2) is 5.72. The number of hydrogen-bond donors (Lipinski definition) is 2. The molecule has 0 atom stereocenters. The van der Waals surface area contributed by atoms with Gasteiger partial charge in [-0.25, -0.2) is 0 Å². The van der Waals surface area contributed by atoms with E-state index < -0.39 is 0 Å². The summed E-state index contributed by atoms with van der Waals surface area (Å²) >= 11 is 3.35. The maximum absolute atomic E-state index is 9.99. The van der Waals surface area contributed by atoms with Crippen LogP contribution in [0.25, 0.3) is 10.8 Å². The summed E-state index contributed by atoms with van der Waals surface area (Å²) in [6.45, 7) is 0.217. The van der Waals surface area contributed by atoms with E-state index in [1.54, 1.807) is 6.07 Å². The van der Waals surface area contributed by atoms with E-state index >= 15 is 0 Å². The van der Waals surface area contributed by atoms with Crippen LogP contribution in [0.3, 0.4) is 0 Å². The molecular formula is C18H12BrNO4. The van der Waals surface area contributed by atoms with Crippen LogP contribution in [0.1, 0.15) is 5.56 Å². The fraction of sp³-hybridized carbons (Fsp3) is 0.0556. The molecule has 3 aromatic carbocycles. The Morgan fingerprint density at radius 3 is 2.67 bits per heavy atom. The third-order valence-electron chi connectivity index (χ3n) is 3.83. The summed E-state index contributed by atoms with van der Waals surface area (Å²) in [4.78, 5) is 4.47. The van der Waals surface area contributed by atoms with E-state index in [2.05, 4.69) is 20.9 Å². The maximum Gasteiger partial charge on any atom is 0.231 e. The van der Waals surface area contributed by atoms with Gasteiger partial charge in [-0.05, 0) is 51.6 Å². The van der Waals surface area contributed by atoms with Crippen molar-refractivity contribution >= 4 is 38.6 Å². The summed E-state index contributed by atoms with van der Waals surface area (Å²) in [5.41, 5.74) is 1.13. The van der Waals surface area contributed by atoms with Crippen LogP contribution in [0.15, 0.2) is 51.9 Å². The molecule has 0 radical (unpaired) electrons. The van der Waals surface area contributed by atoms with Crippen LogP contribution in [0.5, 0.6) is 23.0 Å². The molecule has 0 amide bonds. The molecule has 1 heterocycles. The van der Waals surface area contributed by atoms with Gasteiger partial charge < -0.3 is 19.7 Å². The van der Waals surface area contributed by atoms with Gasteiger partial charge in [-0.15, -0.1) is 0 Å². The van der Waals surface area contributed by atoms with Gasteiger partial charge in [0, 0.05) is 16.1 Å². The van der Waals surface area contributed by atoms with Gasteiger partial charge in [0.05, 0.1) is 11.3 Å². The summed E-state index contributed by atoms with van der Waals surface area (Å²) in [7, 11) is 0. The number of phenolic OH excluding ortho intramolecular Hbond substituents is 2. The van der Waals surface area contributed by atoms with Crippen molar-refractivity contribution < 1.29 is 19.7 Å². The highest BCUT2D eigenvalue weighted by molar-refractivity contribution is 9.10. The Morgan fingerprint density at radius 1 is 1.04 bits per heavy atom. The number of fused-ring (bicyclic) bond motifs is 2. The molecule has 1 aliphatic heterocycles. The Balaban J connectivity index is 1.82. The highest BCUT2D eigenvalue weighted by Crippen LogP contribution is 2.39. The molecule has 0 unspecified atom stereocenters. The number of ether oxygens (including phenoxy) is 2. The number of benzene rings is 3. The predicted octanol–water partition coefficient (Wildman–Crippen LogP) is 4.49. The molecule has 0 saturated heterocycles. The number of aromatic hydroxyl groups is 2. The molecule has 3 aromatic rings. The first-order chi connectivity index (χ1) is 11.6. The van der Waals surface area contributed by atoms with Gasteiger partial charge in [-0.1, -0.05) is 12.1 Å². The van der Waals surface area contributed by atoms with E-state index in [9.17, 15) is 10.2 Å². The molecule has 0 saturated carbocycles. The highest BCUT2D eigenvalue weighted by atomic mass is 79.9. The molecule has 0 aliphatic carbocycles. The zero-order valence-corrected chi connectivity index (χ0v) is 13.9. The van der Waals surface area contributed by atoms with Crippen molar-refractivity contribution in [3.8, 4) is 23.0 Å². The zero-order valence-electron chi connectivity index (χ0n) is 12.4. The smallest absolute Gasteiger partial charge is 0.231 e. The fourth-order valence-electron chi connectivity index (χ4n) is 2.59. The topological polar surface area (TPSA) is 71.3 Å². The van der Waals surface area contributed by atoms with E-state index in [0.717, 1.165) is 22.2 Å². The van der Waals surface area contributed by atoms with Crippen LogP contribution in [0.4, 0.5) is 5.69 Å². The van der Waals surface area contributed by atoms with Crippen molar-refractivity contribution in [1.29, 1.82) is 0 Å². The number of rotatable bonds is 2. The molecule has 0 spiro atoms. The fourth-order valence-corrected chi connectivity index (χ4v) is 3.01. The average Bonchev–Trinajstić information content (AvgIpc) is 3.04. The summed E-state index contributed by atoms with van der Waals surface area (Å²) in [5.74, 6) is 0.996. The molecule has 0 bridgehead atoms. The predicted molar refractivity (Wildman–Crippen MR) is 94.8 cm³/mol. The van der Waals surface area contributed by atoms with E-state index in [1.165, 1.54) is 12.3 Å². The normalized spacial score (nSPS) is 13.0. The van der Waals surface area contributed by atoms with Gasteiger partial charge in [0.15, 0.2) is 23.0 Å². The number of nitrogens with zero attached hydrogens (tertiary/aromatic N) is 1. The Hall–Kier alpha value is -2.73. The Bertz CT molecular complexity index is 984.